The van der Waals surface area contributed by atoms with Crippen LogP contribution in [0.1, 0.15) is 67.7 Å². The maximum atomic E-state index is 12.8. The van der Waals surface area contributed by atoms with Crippen molar-refractivity contribution in [2.45, 2.75) is 57.9 Å². The molecular weight excluding hydrogens is 328 g/mol. The second-order valence-corrected chi connectivity index (χ2v) is 6.97. The van der Waals surface area contributed by atoms with Crippen molar-refractivity contribution in [1.29, 1.82) is 0 Å². The SMILES string of the molecule is CCCc1noc2nc(C3CC3)cc(C(=O)NC(C)(C)CN)c12.Cl. The smallest absolute Gasteiger partial charge is 0.259 e. The Labute approximate surface area is 148 Å². The number of fused-ring (bicyclic) bond motifs is 1. The number of amides is 1. The normalized spacial score (nSPS) is 14.5. The lowest BCUT2D eigenvalue weighted by molar-refractivity contribution is 0.0917. The molecule has 24 heavy (non-hydrogen) atoms. The van der Waals surface area contributed by atoms with E-state index in [1.165, 1.54) is 0 Å². The lowest BCUT2D eigenvalue weighted by Crippen LogP contribution is -2.48. The fourth-order valence-corrected chi connectivity index (χ4v) is 2.63. The van der Waals surface area contributed by atoms with E-state index in [1.54, 1.807) is 0 Å². The number of nitrogens with one attached hydrogen (secondary N) is 1. The van der Waals surface area contributed by atoms with Crippen LogP contribution in [0.25, 0.3) is 11.1 Å². The first-order chi connectivity index (χ1) is 10.9. The van der Waals surface area contributed by atoms with Crippen molar-refractivity contribution >= 4 is 29.4 Å². The summed E-state index contributed by atoms with van der Waals surface area (Å²) < 4.78 is 5.40. The topological polar surface area (TPSA) is 94.0 Å². The minimum absolute atomic E-state index is 0. The van der Waals surface area contributed by atoms with E-state index in [1.807, 2.05) is 19.9 Å². The van der Waals surface area contributed by atoms with Crippen molar-refractivity contribution in [3.63, 3.8) is 0 Å². The largest absolute Gasteiger partial charge is 0.346 e. The van der Waals surface area contributed by atoms with E-state index in [0.29, 0.717) is 23.7 Å². The molecule has 3 rings (SSSR count). The van der Waals surface area contributed by atoms with Crippen LogP contribution in [0.15, 0.2) is 10.6 Å². The van der Waals surface area contributed by atoms with E-state index < -0.39 is 5.54 Å². The summed E-state index contributed by atoms with van der Waals surface area (Å²) in [6.45, 7) is 6.26. The number of hydrogen-bond acceptors (Lipinski definition) is 5. The fourth-order valence-electron chi connectivity index (χ4n) is 2.63. The molecule has 0 spiro atoms. The quantitative estimate of drug-likeness (QED) is 0.833. The van der Waals surface area contributed by atoms with Gasteiger partial charge in [-0.3, -0.25) is 4.79 Å². The first-order valence-corrected chi connectivity index (χ1v) is 8.27. The lowest BCUT2D eigenvalue weighted by Gasteiger charge is -2.24. The Balaban J connectivity index is 0.00000208. The van der Waals surface area contributed by atoms with E-state index in [9.17, 15) is 4.79 Å². The Bertz CT molecular complexity index is 738. The van der Waals surface area contributed by atoms with Crippen LogP contribution in [-0.2, 0) is 6.42 Å². The number of aryl methyl sites for hydroxylation is 1. The van der Waals surface area contributed by atoms with Crippen LogP contribution in [0.3, 0.4) is 0 Å². The van der Waals surface area contributed by atoms with E-state index in [0.717, 1.165) is 42.5 Å². The zero-order chi connectivity index (χ0) is 16.6. The van der Waals surface area contributed by atoms with E-state index in [4.69, 9.17) is 10.3 Å². The molecule has 1 aliphatic rings. The van der Waals surface area contributed by atoms with Gasteiger partial charge in [-0.2, -0.15) is 0 Å². The number of carbonyl (C=O) groups excluding carboxylic acids is 1. The monoisotopic (exact) mass is 352 g/mol. The zero-order valence-corrected chi connectivity index (χ0v) is 15.2. The highest BCUT2D eigenvalue weighted by Gasteiger charge is 2.30. The molecule has 1 saturated carbocycles. The van der Waals surface area contributed by atoms with Crippen LogP contribution < -0.4 is 11.1 Å². The molecule has 0 unspecified atom stereocenters. The summed E-state index contributed by atoms with van der Waals surface area (Å²) in [5, 5.41) is 7.86. The highest BCUT2D eigenvalue weighted by atomic mass is 35.5. The molecule has 132 valence electrons. The second kappa shape index (κ2) is 7.07. The molecule has 2 aromatic heterocycles. The first kappa shape index (κ1) is 18.7. The minimum atomic E-state index is -0.464. The Morgan fingerprint density at radius 2 is 2.17 bits per heavy atom. The third-order valence-electron chi connectivity index (χ3n) is 4.23. The highest BCUT2D eigenvalue weighted by Crippen LogP contribution is 2.40. The Hall–Kier alpha value is -1.66. The minimum Gasteiger partial charge on any atom is -0.346 e. The molecule has 2 heterocycles. The molecule has 0 aromatic carbocycles. The number of hydrogen-bond donors (Lipinski definition) is 2. The van der Waals surface area contributed by atoms with Gasteiger partial charge in [0, 0.05) is 23.7 Å². The Morgan fingerprint density at radius 3 is 2.75 bits per heavy atom. The van der Waals surface area contributed by atoms with Gasteiger partial charge in [0.15, 0.2) is 0 Å². The van der Waals surface area contributed by atoms with Crippen LogP contribution in [0, 0.1) is 0 Å². The fraction of sp³-hybridized carbons (Fsp3) is 0.588. The van der Waals surface area contributed by atoms with Crippen LogP contribution in [0.5, 0.6) is 0 Å². The van der Waals surface area contributed by atoms with Crippen LogP contribution in [-0.4, -0.2) is 28.1 Å². The van der Waals surface area contributed by atoms with Crippen molar-refractivity contribution in [1.82, 2.24) is 15.5 Å². The van der Waals surface area contributed by atoms with E-state index >= 15 is 0 Å². The number of nitrogens with two attached hydrogens (primary N) is 1. The van der Waals surface area contributed by atoms with Crippen molar-refractivity contribution in [3.05, 3.63) is 23.0 Å². The third-order valence-corrected chi connectivity index (χ3v) is 4.23. The van der Waals surface area contributed by atoms with Gasteiger partial charge in [-0.1, -0.05) is 18.5 Å². The average Bonchev–Trinajstić information content (AvgIpc) is 3.29. The van der Waals surface area contributed by atoms with Crippen LogP contribution in [0.4, 0.5) is 0 Å². The average molecular weight is 353 g/mol. The molecule has 6 nitrogen and oxygen atoms in total. The number of rotatable bonds is 6. The van der Waals surface area contributed by atoms with E-state index in [2.05, 4.69) is 22.4 Å². The summed E-state index contributed by atoms with van der Waals surface area (Å²) in [5.74, 6) is 0.295. The molecule has 1 aliphatic carbocycles. The molecule has 7 heteroatoms. The number of nitrogens with zero attached hydrogens (tertiary/aromatic N) is 2. The molecule has 0 aliphatic heterocycles. The number of aromatic nitrogens is 2. The molecule has 0 radical (unpaired) electrons. The predicted molar refractivity (Wildman–Crippen MR) is 95.6 cm³/mol. The second-order valence-electron chi connectivity index (χ2n) is 6.97. The van der Waals surface area contributed by atoms with Crippen molar-refractivity contribution < 1.29 is 9.32 Å². The van der Waals surface area contributed by atoms with Gasteiger partial charge >= 0.3 is 0 Å². The van der Waals surface area contributed by atoms with Gasteiger partial charge in [0.05, 0.1) is 16.6 Å². The lowest BCUT2D eigenvalue weighted by atomic mass is 10.0. The summed E-state index contributed by atoms with van der Waals surface area (Å²) in [6, 6.07) is 1.90. The van der Waals surface area contributed by atoms with Gasteiger partial charge in [0.2, 0.25) is 0 Å². The summed E-state index contributed by atoms with van der Waals surface area (Å²) in [7, 11) is 0. The Kier molecular flexibility index (Phi) is 5.50. The van der Waals surface area contributed by atoms with Gasteiger partial charge in [-0.05, 0) is 39.2 Å². The van der Waals surface area contributed by atoms with Crippen molar-refractivity contribution in [3.8, 4) is 0 Å². The summed E-state index contributed by atoms with van der Waals surface area (Å²) >= 11 is 0. The van der Waals surface area contributed by atoms with Crippen molar-refractivity contribution in [2.24, 2.45) is 5.73 Å². The summed E-state index contributed by atoms with van der Waals surface area (Å²) in [6.07, 6.45) is 3.92. The molecule has 0 atom stereocenters. The maximum absolute atomic E-state index is 12.8. The maximum Gasteiger partial charge on any atom is 0.259 e. The van der Waals surface area contributed by atoms with Gasteiger partial charge in [0.25, 0.3) is 11.6 Å². The molecule has 1 amide bonds. The molecule has 0 saturated heterocycles. The molecule has 0 bridgehead atoms. The highest BCUT2D eigenvalue weighted by molar-refractivity contribution is 6.06. The molecule has 1 fully saturated rings. The number of halogens is 1. The molecular formula is C17H25ClN4O2. The molecule has 3 N–H and O–H groups in total. The van der Waals surface area contributed by atoms with Crippen LogP contribution in [0.2, 0.25) is 0 Å². The zero-order valence-electron chi connectivity index (χ0n) is 14.4. The number of pyridine rings is 1. The summed E-state index contributed by atoms with van der Waals surface area (Å²) in [5.41, 5.74) is 8.06. The summed E-state index contributed by atoms with van der Waals surface area (Å²) in [4.78, 5) is 17.4. The van der Waals surface area contributed by atoms with Gasteiger partial charge in [-0.25, -0.2) is 4.98 Å². The van der Waals surface area contributed by atoms with E-state index in [-0.39, 0.29) is 18.3 Å². The first-order valence-electron chi connectivity index (χ1n) is 8.27. The third kappa shape index (κ3) is 3.70. The van der Waals surface area contributed by atoms with Gasteiger partial charge in [-0.15, -0.1) is 12.4 Å². The Morgan fingerprint density at radius 1 is 1.46 bits per heavy atom. The standard InChI is InChI=1S/C17H24N4O2.ClH/c1-4-5-12-14-11(15(22)20-17(2,3)9-18)8-13(10-6-7-10)19-16(14)23-21-12;/h8,10H,4-7,9,18H2,1-3H3,(H,20,22);1H. The molecule has 2 aromatic rings. The number of carbonyl (C=O) groups is 1. The van der Waals surface area contributed by atoms with Crippen LogP contribution >= 0.6 is 12.4 Å². The van der Waals surface area contributed by atoms with Gasteiger partial charge < -0.3 is 15.6 Å². The predicted octanol–water partition coefficient (Wildman–Crippen LogP) is 2.94. The van der Waals surface area contributed by atoms with Gasteiger partial charge in [0.1, 0.15) is 0 Å². The van der Waals surface area contributed by atoms with Crippen molar-refractivity contribution in [2.75, 3.05) is 6.54 Å².